The molecule has 3 rings (SSSR count). The van der Waals surface area contributed by atoms with Crippen LogP contribution in [0.5, 0.6) is 0 Å². The lowest BCUT2D eigenvalue weighted by molar-refractivity contribution is -0.115. The third-order valence-corrected chi connectivity index (χ3v) is 8.91. The lowest BCUT2D eigenvalue weighted by atomic mass is 9.84. The molecule has 1 aromatic carbocycles. The SMILES string of the molecule is Cc1cc(C(=O)NC[C@@H]2CS(=O)(=O)C(C)(C)CN2)nc2c(C(C)(C)C)cc(NCC(F)(F)F)cc12. The van der Waals surface area contributed by atoms with Crippen molar-refractivity contribution >= 4 is 32.3 Å². The summed E-state index contributed by atoms with van der Waals surface area (Å²) >= 11 is 0. The van der Waals surface area contributed by atoms with E-state index in [1.807, 2.05) is 20.8 Å². The molecule has 1 saturated heterocycles. The summed E-state index contributed by atoms with van der Waals surface area (Å²) in [5.74, 6) is -0.523. The first kappa shape index (κ1) is 27.2. The van der Waals surface area contributed by atoms with Gasteiger partial charge in [0.2, 0.25) is 0 Å². The minimum absolute atomic E-state index is 0.0771. The number of anilines is 1. The maximum absolute atomic E-state index is 12.9. The zero-order chi connectivity index (χ0) is 26.4. The zero-order valence-electron chi connectivity index (χ0n) is 20.9. The van der Waals surface area contributed by atoms with E-state index in [-0.39, 0.29) is 18.0 Å². The Bertz CT molecular complexity index is 1240. The summed E-state index contributed by atoms with van der Waals surface area (Å²) in [6.45, 7) is 10.2. The van der Waals surface area contributed by atoms with Crippen LogP contribution in [0.2, 0.25) is 0 Å². The van der Waals surface area contributed by atoms with Crippen LogP contribution < -0.4 is 16.0 Å². The second-order valence-electron chi connectivity index (χ2n) is 10.8. The van der Waals surface area contributed by atoms with Crippen LogP contribution in [0.15, 0.2) is 18.2 Å². The first-order valence-corrected chi connectivity index (χ1v) is 13.1. The first-order chi connectivity index (χ1) is 15.9. The van der Waals surface area contributed by atoms with Gasteiger partial charge in [0.1, 0.15) is 12.2 Å². The van der Waals surface area contributed by atoms with Crippen LogP contribution >= 0.6 is 0 Å². The van der Waals surface area contributed by atoms with Crippen LogP contribution in [-0.4, -0.2) is 61.7 Å². The summed E-state index contributed by atoms with van der Waals surface area (Å²) < 4.78 is 62.3. The minimum Gasteiger partial charge on any atom is -0.376 e. The van der Waals surface area contributed by atoms with E-state index in [0.717, 1.165) is 0 Å². The number of nitrogens with zero attached hydrogens (tertiary/aromatic N) is 1. The molecule has 2 heterocycles. The van der Waals surface area contributed by atoms with Crippen molar-refractivity contribution in [2.45, 2.75) is 63.9 Å². The van der Waals surface area contributed by atoms with Crippen molar-refractivity contribution < 1.29 is 26.4 Å². The van der Waals surface area contributed by atoms with E-state index in [9.17, 15) is 26.4 Å². The Morgan fingerprint density at radius 2 is 1.86 bits per heavy atom. The van der Waals surface area contributed by atoms with Gasteiger partial charge in [0.15, 0.2) is 9.84 Å². The van der Waals surface area contributed by atoms with E-state index >= 15 is 0 Å². The molecule has 0 spiro atoms. The van der Waals surface area contributed by atoms with Gasteiger partial charge in [-0.2, -0.15) is 13.2 Å². The number of sulfone groups is 1. The van der Waals surface area contributed by atoms with Crippen molar-refractivity contribution in [1.82, 2.24) is 15.6 Å². The smallest absolute Gasteiger partial charge is 0.376 e. The lowest BCUT2D eigenvalue weighted by Crippen LogP contribution is -2.58. The Morgan fingerprint density at radius 1 is 1.20 bits per heavy atom. The molecule has 0 bridgehead atoms. The highest BCUT2D eigenvalue weighted by molar-refractivity contribution is 7.92. The number of pyridine rings is 1. The van der Waals surface area contributed by atoms with Crippen LogP contribution in [0.25, 0.3) is 10.9 Å². The van der Waals surface area contributed by atoms with Gasteiger partial charge in [0, 0.05) is 30.2 Å². The summed E-state index contributed by atoms with van der Waals surface area (Å²) in [5.41, 5.74) is 1.99. The number of fused-ring (bicyclic) bond motifs is 1. The molecular weight excluding hydrogens is 481 g/mol. The second kappa shape index (κ2) is 9.24. The maximum atomic E-state index is 12.9. The molecule has 2 aromatic rings. The van der Waals surface area contributed by atoms with E-state index < -0.39 is 44.7 Å². The summed E-state index contributed by atoms with van der Waals surface area (Å²) in [7, 11) is -3.30. The number of alkyl halides is 3. The van der Waals surface area contributed by atoms with Gasteiger partial charge < -0.3 is 16.0 Å². The van der Waals surface area contributed by atoms with Crippen molar-refractivity contribution in [3.63, 3.8) is 0 Å². The van der Waals surface area contributed by atoms with Gasteiger partial charge >= 0.3 is 6.18 Å². The van der Waals surface area contributed by atoms with E-state index in [1.54, 1.807) is 39.0 Å². The number of aryl methyl sites for hydroxylation is 1. The van der Waals surface area contributed by atoms with Gasteiger partial charge in [0.05, 0.1) is 16.0 Å². The molecule has 0 radical (unpaired) electrons. The van der Waals surface area contributed by atoms with E-state index in [2.05, 4.69) is 20.9 Å². The molecule has 0 unspecified atom stereocenters. The molecule has 1 atom stereocenters. The Balaban J connectivity index is 1.88. The predicted molar refractivity (Wildman–Crippen MR) is 132 cm³/mol. The summed E-state index contributed by atoms with van der Waals surface area (Å²) in [4.78, 5) is 17.5. The van der Waals surface area contributed by atoms with Gasteiger partial charge in [-0.25, -0.2) is 13.4 Å². The zero-order valence-corrected chi connectivity index (χ0v) is 21.7. The Morgan fingerprint density at radius 3 is 2.43 bits per heavy atom. The molecule has 3 N–H and O–H groups in total. The monoisotopic (exact) mass is 514 g/mol. The van der Waals surface area contributed by atoms with Crippen LogP contribution in [0.1, 0.15) is 56.2 Å². The van der Waals surface area contributed by atoms with E-state index in [0.29, 0.717) is 34.3 Å². The highest BCUT2D eigenvalue weighted by atomic mass is 32.2. The summed E-state index contributed by atoms with van der Waals surface area (Å²) in [6, 6.07) is 4.43. The number of aromatic nitrogens is 1. The number of carbonyl (C=O) groups excluding carboxylic acids is 1. The molecule has 0 saturated carbocycles. The van der Waals surface area contributed by atoms with Gasteiger partial charge in [-0.3, -0.25) is 4.79 Å². The molecule has 194 valence electrons. The molecular formula is C24H33F3N4O3S. The molecule has 1 fully saturated rings. The number of hydrogen-bond donors (Lipinski definition) is 3. The average Bonchev–Trinajstić information content (AvgIpc) is 2.71. The third-order valence-electron chi connectivity index (χ3n) is 6.24. The molecule has 35 heavy (non-hydrogen) atoms. The van der Waals surface area contributed by atoms with Crippen LogP contribution in [-0.2, 0) is 15.3 Å². The highest BCUT2D eigenvalue weighted by Gasteiger charge is 2.40. The van der Waals surface area contributed by atoms with Gasteiger partial charge in [0.25, 0.3) is 5.91 Å². The van der Waals surface area contributed by atoms with Crippen molar-refractivity contribution in [1.29, 1.82) is 0 Å². The molecule has 7 nitrogen and oxygen atoms in total. The van der Waals surface area contributed by atoms with Crippen molar-refractivity contribution in [3.05, 3.63) is 35.0 Å². The topological polar surface area (TPSA) is 100 Å². The quantitative estimate of drug-likeness (QED) is 0.563. The predicted octanol–water partition coefficient (Wildman–Crippen LogP) is 3.71. The standard InChI is InChI=1S/C24H33F3N4O3S/c1-14-7-19(21(32)28-10-16-11-35(33,34)23(5,6)12-29-16)31-20-17(14)8-15(30-13-24(25,26)27)9-18(20)22(2,3)4/h7-9,16,29-30H,10-13H2,1-6H3,(H,28,32)/t16-/m1/s1. The molecule has 1 aliphatic heterocycles. The fourth-order valence-electron chi connectivity index (χ4n) is 3.97. The van der Waals surface area contributed by atoms with E-state index in [4.69, 9.17) is 0 Å². The minimum atomic E-state index is -4.35. The number of nitrogens with one attached hydrogen (secondary N) is 3. The van der Waals surface area contributed by atoms with Crippen molar-refractivity contribution in [2.75, 3.05) is 30.7 Å². The van der Waals surface area contributed by atoms with Gasteiger partial charge in [-0.05, 0) is 55.5 Å². The number of rotatable bonds is 5. The Hall–Kier alpha value is -2.40. The molecule has 11 heteroatoms. The van der Waals surface area contributed by atoms with Crippen molar-refractivity contribution in [2.24, 2.45) is 0 Å². The Labute approximate surface area is 204 Å². The second-order valence-corrected chi connectivity index (χ2v) is 13.5. The number of hydrogen-bond acceptors (Lipinski definition) is 6. The Kier molecular flexibility index (Phi) is 7.18. The summed E-state index contributed by atoms with van der Waals surface area (Å²) in [6.07, 6.45) is -4.35. The number of carbonyl (C=O) groups is 1. The number of amides is 1. The highest BCUT2D eigenvalue weighted by Crippen LogP contribution is 2.34. The largest absolute Gasteiger partial charge is 0.405 e. The van der Waals surface area contributed by atoms with Gasteiger partial charge in [-0.1, -0.05) is 20.8 Å². The molecule has 1 amide bonds. The molecule has 0 aliphatic carbocycles. The lowest BCUT2D eigenvalue weighted by Gasteiger charge is -2.35. The van der Waals surface area contributed by atoms with Crippen LogP contribution in [0.3, 0.4) is 0 Å². The third kappa shape index (κ3) is 6.24. The molecule has 1 aromatic heterocycles. The van der Waals surface area contributed by atoms with Crippen molar-refractivity contribution in [3.8, 4) is 0 Å². The first-order valence-electron chi connectivity index (χ1n) is 11.4. The normalized spacial score (nSPS) is 20.0. The van der Waals surface area contributed by atoms with Gasteiger partial charge in [-0.15, -0.1) is 0 Å². The summed E-state index contributed by atoms with van der Waals surface area (Å²) in [5, 5.41) is 9.02. The number of benzene rings is 1. The number of halogens is 3. The van der Waals surface area contributed by atoms with E-state index in [1.165, 1.54) is 0 Å². The van der Waals surface area contributed by atoms with Crippen LogP contribution in [0, 0.1) is 6.92 Å². The maximum Gasteiger partial charge on any atom is 0.405 e. The van der Waals surface area contributed by atoms with Crippen LogP contribution in [0.4, 0.5) is 18.9 Å². The molecule has 1 aliphatic rings. The fraction of sp³-hybridized carbons (Fsp3) is 0.583. The average molecular weight is 515 g/mol. The fourth-order valence-corrected chi connectivity index (χ4v) is 5.49.